The molecule has 21 heavy (non-hydrogen) atoms. The van der Waals surface area contributed by atoms with Crippen LogP contribution in [0, 0.1) is 5.92 Å². The molecule has 2 fully saturated rings. The van der Waals surface area contributed by atoms with Crippen LogP contribution in [0.1, 0.15) is 73.1 Å². The maximum Gasteiger partial charge on any atom is 0.0900 e. The van der Waals surface area contributed by atoms with Crippen LogP contribution in [-0.2, 0) is 4.74 Å². The molecule has 3 heteroatoms. The predicted molar refractivity (Wildman–Crippen MR) is 87.5 cm³/mol. The number of hydrogen-bond donors (Lipinski definition) is 1. The first-order valence-corrected chi connectivity index (χ1v) is 8.80. The van der Waals surface area contributed by atoms with Crippen molar-refractivity contribution in [1.29, 1.82) is 0 Å². The fourth-order valence-electron chi connectivity index (χ4n) is 4.39. The van der Waals surface area contributed by atoms with Crippen molar-refractivity contribution < 1.29 is 9.84 Å². The van der Waals surface area contributed by atoms with Crippen LogP contribution in [0.3, 0.4) is 0 Å². The maximum absolute atomic E-state index is 10.4. The smallest absolute Gasteiger partial charge is 0.0900 e. The zero-order valence-corrected chi connectivity index (χ0v) is 14.7. The van der Waals surface area contributed by atoms with Gasteiger partial charge in [-0.25, -0.2) is 0 Å². The maximum atomic E-state index is 10.4. The Morgan fingerprint density at radius 3 is 2.24 bits per heavy atom. The second-order valence-corrected chi connectivity index (χ2v) is 8.52. The summed E-state index contributed by atoms with van der Waals surface area (Å²) in [5.74, 6) is 0.653. The number of β-amino-alcohol motifs (C(OH)–C–C–N with tert-alkyl or cyclic N) is 1. The molecule has 0 aromatic carbocycles. The molecule has 1 aliphatic heterocycles. The number of aliphatic hydroxyl groups excluding tert-OH is 1. The van der Waals surface area contributed by atoms with Gasteiger partial charge in [0.2, 0.25) is 0 Å². The zero-order valence-electron chi connectivity index (χ0n) is 14.7. The summed E-state index contributed by atoms with van der Waals surface area (Å²) >= 11 is 0. The minimum Gasteiger partial charge on any atom is -0.389 e. The van der Waals surface area contributed by atoms with Crippen molar-refractivity contribution in [3.05, 3.63) is 0 Å². The Morgan fingerprint density at radius 2 is 1.71 bits per heavy atom. The Bertz CT molecular complexity index is 324. The highest BCUT2D eigenvalue weighted by Crippen LogP contribution is 2.38. The molecule has 0 bridgehead atoms. The Hall–Kier alpha value is -0.120. The molecule has 0 spiro atoms. The number of piperidine rings is 1. The third-order valence-corrected chi connectivity index (χ3v) is 5.72. The van der Waals surface area contributed by atoms with Crippen LogP contribution in [0.25, 0.3) is 0 Å². The fourth-order valence-corrected chi connectivity index (χ4v) is 4.39. The van der Waals surface area contributed by atoms with Gasteiger partial charge >= 0.3 is 0 Å². The molecule has 1 saturated heterocycles. The van der Waals surface area contributed by atoms with Crippen LogP contribution in [0.15, 0.2) is 0 Å². The summed E-state index contributed by atoms with van der Waals surface area (Å²) in [6.45, 7) is 12.7. The van der Waals surface area contributed by atoms with Gasteiger partial charge in [-0.1, -0.05) is 13.3 Å². The van der Waals surface area contributed by atoms with E-state index < -0.39 is 0 Å². The van der Waals surface area contributed by atoms with E-state index in [0.717, 1.165) is 13.0 Å². The van der Waals surface area contributed by atoms with E-state index in [-0.39, 0.29) is 17.2 Å². The summed E-state index contributed by atoms with van der Waals surface area (Å²) in [5.41, 5.74) is 0.340. The summed E-state index contributed by atoms with van der Waals surface area (Å²) in [4.78, 5) is 2.50. The van der Waals surface area contributed by atoms with Crippen molar-refractivity contribution in [3.8, 4) is 0 Å². The lowest BCUT2D eigenvalue weighted by molar-refractivity contribution is -0.0819. The van der Waals surface area contributed by atoms with Gasteiger partial charge in [0.1, 0.15) is 0 Å². The highest BCUT2D eigenvalue weighted by Gasteiger charge is 2.41. The number of ether oxygens (including phenoxy) is 1. The van der Waals surface area contributed by atoms with Gasteiger partial charge in [-0.2, -0.15) is 0 Å². The molecule has 3 nitrogen and oxygen atoms in total. The largest absolute Gasteiger partial charge is 0.389 e. The normalized spacial score (nSPS) is 34.0. The van der Waals surface area contributed by atoms with E-state index in [1.165, 1.54) is 32.1 Å². The molecule has 1 saturated carbocycles. The van der Waals surface area contributed by atoms with Crippen molar-refractivity contribution in [2.45, 2.75) is 96.4 Å². The fraction of sp³-hybridized carbons (Fsp3) is 1.00. The first-order chi connectivity index (χ1) is 9.72. The Morgan fingerprint density at radius 1 is 1.10 bits per heavy atom. The van der Waals surface area contributed by atoms with Gasteiger partial charge in [-0.15, -0.1) is 0 Å². The van der Waals surface area contributed by atoms with E-state index in [9.17, 15) is 5.11 Å². The van der Waals surface area contributed by atoms with Crippen LogP contribution < -0.4 is 0 Å². The van der Waals surface area contributed by atoms with Crippen molar-refractivity contribution in [3.63, 3.8) is 0 Å². The van der Waals surface area contributed by atoms with Gasteiger partial charge in [-0.3, -0.25) is 4.90 Å². The minimum atomic E-state index is -0.380. The molecule has 1 heterocycles. The third-order valence-electron chi connectivity index (χ3n) is 5.72. The Balaban J connectivity index is 1.86. The molecule has 3 atom stereocenters. The average molecular weight is 297 g/mol. The quantitative estimate of drug-likeness (QED) is 0.841. The standard InChI is InChI=1S/C18H35NO2/c1-14-8-6-9-16(14)21-13-15(20)12-19-17(2,3)10-7-11-18(19,4)5/h14-16,20H,6-13H2,1-5H3/t14-,15-,16+/m1/s1. The van der Waals surface area contributed by atoms with Crippen molar-refractivity contribution in [2.75, 3.05) is 13.2 Å². The van der Waals surface area contributed by atoms with Crippen molar-refractivity contribution in [1.82, 2.24) is 4.90 Å². The lowest BCUT2D eigenvalue weighted by Gasteiger charge is -2.53. The van der Waals surface area contributed by atoms with Crippen LogP contribution in [0.5, 0.6) is 0 Å². The first-order valence-electron chi connectivity index (χ1n) is 8.80. The van der Waals surface area contributed by atoms with E-state index in [1.54, 1.807) is 0 Å². The SMILES string of the molecule is C[C@@H]1CCC[C@@H]1OC[C@H](O)CN1C(C)(C)CCCC1(C)C. The molecule has 124 valence electrons. The summed E-state index contributed by atoms with van der Waals surface area (Å²) < 4.78 is 5.98. The molecule has 1 N–H and O–H groups in total. The van der Waals surface area contributed by atoms with E-state index in [2.05, 4.69) is 39.5 Å². The molecule has 0 aromatic heterocycles. The average Bonchev–Trinajstić information content (AvgIpc) is 2.77. The van der Waals surface area contributed by atoms with Gasteiger partial charge in [0, 0.05) is 17.6 Å². The number of hydrogen-bond acceptors (Lipinski definition) is 3. The van der Waals surface area contributed by atoms with Gasteiger partial charge < -0.3 is 9.84 Å². The molecule has 1 aliphatic carbocycles. The van der Waals surface area contributed by atoms with Crippen LogP contribution >= 0.6 is 0 Å². The number of aliphatic hydroxyl groups is 1. The topological polar surface area (TPSA) is 32.7 Å². The van der Waals surface area contributed by atoms with Crippen molar-refractivity contribution in [2.24, 2.45) is 5.92 Å². The summed E-state index contributed by atoms with van der Waals surface area (Å²) in [5, 5.41) is 10.4. The molecule has 0 aromatic rings. The predicted octanol–water partition coefficient (Wildman–Crippen LogP) is 3.60. The molecule has 2 rings (SSSR count). The van der Waals surface area contributed by atoms with Gasteiger partial charge in [0.25, 0.3) is 0 Å². The van der Waals surface area contributed by atoms with Gasteiger partial charge in [0.05, 0.1) is 18.8 Å². The first kappa shape index (κ1) is 17.2. The summed E-state index contributed by atoms with van der Waals surface area (Å²) in [7, 11) is 0. The van der Waals surface area contributed by atoms with Crippen molar-refractivity contribution >= 4 is 0 Å². The Labute approximate surface area is 131 Å². The molecular formula is C18H35NO2. The van der Waals surface area contributed by atoms with Crippen LogP contribution in [-0.4, -0.2) is 46.4 Å². The van der Waals surface area contributed by atoms with Crippen LogP contribution in [0.4, 0.5) is 0 Å². The molecule has 0 amide bonds. The third kappa shape index (κ3) is 4.20. The summed E-state index contributed by atoms with van der Waals surface area (Å²) in [6.07, 6.45) is 7.39. The van der Waals surface area contributed by atoms with E-state index in [4.69, 9.17) is 4.74 Å². The number of nitrogens with zero attached hydrogens (tertiary/aromatic N) is 1. The molecule has 0 radical (unpaired) electrons. The zero-order chi connectivity index (χ0) is 15.7. The molecule has 2 aliphatic rings. The number of likely N-dealkylation sites (tertiary alicyclic amines) is 1. The van der Waals surface area contributed by atoms with Crippen LogP contribution in [0.2, 0.25) is 0 Å². The summed E-state index contributed by atoms with van der Waals surface area (Å²) in [6, 6.07) is 0. The Kier molecular flexibility index (Phi) is 5.38. The highest BCUT2D eigenvalue weighted by molar-refractivity contribution is 4.97. The van der Waals surface area contributed by atoms with E-state index >= 15 is 0 Å². The highest BCUT2D eigenvalue weighted by atomic mass is 16.5. The van der Waals surface area contributed by atoms with Gasteiger partial charge in [-0.05, 0) is 65.7 Å². The second-order valence-electron chi connectivity index (χ2n) is 8.52. The second kappa shape index (κ2) is 6.55. The van der Waals surface area contributed by atoms with E-state index in [1.807, 2.05) is 0 Å². The lowest BCUT2D eigenvalue weighted by atomic mass is 9.79. The number of rotatable bonds is 5. The minimum absolute atomic E-state index is 0.170. The molecule has 0 unspecified atom stereocenters. The van der Waals surface area contributed by atoms with Gasteiger partial charge in [0.15, 0.2) is 0 Å². The molecular weight excluding hydrogens is 262 g/mol. The van der Waals surface area contributed by atoms with E-state index in [0.29, 0.717) is 18.6 Å². The lowest BCUT2D eigenvalue weighted by Crippen LogP contribution is -2.60. The monoisotopic (exact) mass is 297 g/mol.